The molecule has 0 aliphatic rings. The van der Waals surface area contributed by atoms with E-state index in [0.717, 1.165) is 22.5 Å². The summed E-state index contributed by atoms with van der Waals surface area (Å²) in [5, 5.41) is 3.26. The third-order valence-electron chi connectivity index (χ3n) is 3.47. The average molecular weight is 367 g/mol. The van der Waals surface area contributed by atoms with Crippen LogP contribution < -0.4 is 5.32 Å². The van der Waals surface area contributed by atoms with Crippen molar-refractivity contribution in [2.75, 3.05) is 14.1 Å². The summed E-state index contributed by atoms with van der Waals surface area (Å²) in [7, 11) is 5.73. The highest BCUT2D eigenvalue weighted by atomic mass is 79.9. The zero-order valence-corrected chi connectivity index (χ0v) is 14.6. The number of aryl methyl sites for hydroxylation is 1. The van der Waals surface area contributed by atoms with E-state index >= 15 is 0 Å². The Bertz CT molecular complexity index is 666. The Balaban J connectivity index is 2.00. The molecule has 0 atom stereocenters. The van der Waals surface area contributed by atoms with Crippen LogP contribution in [0.1, 0.15) is 11.3 Å². The van der Waals surface area contributed by atoms with Gasteiger partial charge in [-0.1, -0.05) is 15.9 Å². The summed E-state index contributed by atoms with van der Waals surface area (Å²) in [6, 6.07) is 8.75. The van der Waals surface area contributed by atoms with Crippen LogP contribution in [0.3, 0.4) is 0 Å². The van der Waals surface area contributed by atoms with E-state index in [2.05, 4.69) is 36.9 Å². The largest absolute Gasteiger partial charge is 0.353 e. The molecule has 118 valence electrons. The zero-order valence-electron chi connectivity index (χ0n) is 13.0. The Kier molecular flexibility index (Phi) is 5.60. The van der Waals surface area contributed by atoms with E-state index in [1.54, 1.807) is 13.1 Å². The molecule has 0 unspecified atom stereocenters. The number of aliphatic imine (C=N–C) groups is 1. The molecule has 0 amide bonds. The maximum atomic E-state index is 13.3. The second-order valence-electron chi connectivity index (χ2n) is 5.10. The molecule has 0 aliphatic heterocycles. The quantitative estimate of drug-likeness (QED) is 0.665. The lowest BCUT2D eigenvalue weighted by molar-refractivity contribution is 0.461. The minimum atomic E-state index is -0.243. The summed E-state index contributed by atoms with van der Waals surface area (Å²) in [6.07, 6.45) is 2.02. The van der Waals surface area contributed by atoms with Crippen molar-refractivity contribution in [1.29, 1.82) is 0 Å². The molecule has 1 N–H and O–H groups in total. The summed E-state index contributed by atoms with van der Waals surface area (Å²) in [5.74, 6) is 0.518. The van der Waals surface area contributed by atoms with Crippen molar-refractivity contribution in [3.63, 3.8) is 0 Å². The van der Waals surface area contributed by atoms with Gasteiger partial charge in [0.1, 0.15) is 5.82 Å². The molecule has 0 aliphatic carbocycles. The van der Waals surface area contributed by atoms with Crippen LogP contribution in [-0.2, 0) is 20.1 Å². The highest BCUT2D eigenvalue weighted by molar-refractivity contribution is 9.10. The molecule has 22 heavy (non-hydrogen) atoms. The number of halogens is 2. The number of rotatable bonds is 4. The van der Waals surface area contributed by atoms with E-state index in [4.69, 9.17) is 0 Å². The maximum absolute atomic E-state index is 13.3. The Hall–Kier alpha value is -1.82. The number of hydrogen-bond acceptors (Lipinski definition) is 1. The standard InChI is InChI=1S/C16H20BrFN4/c1-19-16(22(3)11-14-5-4-8-21(14)2)20-10-12-9-13(18)6-7-15(12)17/h4-9H,10-11H2,1-3H3,(H,19,20). The van der Waals surface area contributed by atoms with Crippen LogP contribution in [0.2, 0.25) is 0 Å². The fraction of sp³-hybridized carbons (Fsp3) is 0.312. The summed E-state index contributed by atoms with van der Waals surface area (Å²) >= 11 is 3.43. The molecule has 6 heteroatoms. The molecule has 2 aromatic rings. The molecule has 0 fully saturated rings. The molecular weight excluding hydrogens is 347 g/mol. The van der Waals surface area contributed by atoms with Gasteiger partial charge in [0.25, 0.3) is 0 Å². The molecule has 0 radical (unpaired) electrons. The number of benzene rings is 1. The van der Waals surface area contributed by atoms with Crippen LogP contribution in [0.5, 0.6) is 0 Å². The van der Waals surface area contributed by atoms with Crippen molar-refractivity contribution >= 4 is 21.9 Å². The minimum absolute atomic E-state index is 0.243. The van der Waals surface area contributed by atoms with Crippen LogP contribution in [0.25, 0.3) is 0 Å². The van der Waals surface area contributed by atoms with Gasteiger partial charge in [-0.15, -0.1) is 0 Å². The highest BCUT2D eigenvalue weighted by Crippen LogP contribution is 2.17. The fourth-order valence-electron chi connectivity index (χ4n) is 2.22. The normalized spacial score (nSPS) is 11.6. The lowest BCUT2D eigenvalue weighted by atomic mass is 10.2. The molecule has 4 nitrogen and oxygen atoms in total. The van der Waals surface area contributed by atoms with Gasteiger partial charge in [-0.05, 0) is 35.9 Å². The molecule has 0 bridgehead atoms. The van der Waals surface area contributed by atoms with Gasteiger partial charge >= 0.3 is 0 Å². The predicted molar refractivity (Wildman–Crippen MR) is 91.2 cm³/mol. The lowest BCUT2D eigenvalue weighted by Crippen LogP contribution is -2.38. The van der Waals surface area contributed by atoms with Crippen molar-refractivity contribution in [3.05, 3.63) is 58.1 Å². The third-order valence-corrected chi connectivity index (χ3v) is 4.24. The van der Waals surface area contributed by atoms with Crippen LogP contribution in [0.4, 0.5) is 4.39 Å². The topological polar surface area (TPSA) is 32.6 Å². The van der Waals surface area contributed by atoms with Gasteiger partial charge < -0.3 is 14.8 Å². The van der Waals surface area contributed by atoms with Crippen LogP contribution >= 0.6 is 15.9 Å². The molecule has 1 aromatic heterocycles. The number of nitrogens with zero attached hydrogens (tertiary/aromatic N) is 3. The Morgan fingerprint density at radius 3 is 2.82 bits per heavy atom. The zero-order chi connectivity index (χ0) is 16.1. The van der Waals surface area contributed by atoms with Gasteiger partial charge in [0.05, 0.1) is 6.54 Å². The van der Waals surface area contributed by atoms with Crippen molar-refractivity contribution in [2.45, 2.75) is 13.1 Å². The van der Waals surface area contributed by atoms with Crippen LogP contribution in [0, 0.1) is 5.82 Å². The van der Waals surface area contributed by atoms with Crippen molar-refractivity contribution in [1.82, 2.24) is 14.8 Å². The molecule has 2 rings (SSSR count). The Labute approximate surface area is 138 Å². The lowest BCUT2D eigenvalue weighted by Gasteiger charge is -2.22. The Morgan fingerprint density at radius 2 is 2.18 bits per heavy atom. The van der Waals surface area contributed by atoms with Gasteiger partial charge in [0, 0.05) is 44.1 Å². The first-order chi connectivity index (χ1) is 10.5. The molecule has 1 heterocycles. The summed E-state index contributed by atoms with van der Waals surface area (Å²) in [6.45, 7) is 1.25. The van der Waals surface area contributed by atoms with Crippen LogP contribution in [-0.4, -0.2) is 29.5 Å². The van der Waals surface area contributed by atoms with Crippen molar-refractivity contribution in [2.24, 2.45) is 12.0 Å². The Morgan fingerprint density at radius 1 is 1.41 bits per heavy atom. The maximum Gasteiger partial charge on any atom is 0.194 e. The first kappa shape index (κ1) is 16.5. The fourth-order valence-corrected chi connectivity index (χ4v) is 2.60. The summed E-state index contributed by atoms with van der Waals surface area (Å²) in [5.41, 5.74) is 2.05. The van der Waals surface area contributed by atoms with Gasteiger partial charge in [0.2, 0.25) is 0 Å². The first-order valence-corrected chi connectivity index (χ1v) is 7.76. The van der Waals surface area contributed by atoms with E-state index in [-0.39, 0.29) is 5.82 Å². The van der Waals surface area contributed by atoms with E-state index in [1.807, 2.05) is 31.3 Å². The van der Waals surface area contributed by atoms with E-state index in [1.165, 1.54) is 17.8 Å². The SMILES string of the molecule is CN=C(NCc1cc(F)ccc1Br)N(C)Cc1cccn1C. The molecule has 0 spiro atoms. The van der Waals surface area contributed by atoms with E-state index in [0.29, 0.717) is 6.54 Å². The number of aromatic nitrogens is 1. The third kappa shape index (κ3) is 4.10. The minimum Gasteiger partial charge on any atom is -0.353 e. The molecule has 0 saturated carbocycles. The number of nitrogens with one attached hydrogen (secondary N) is 1. The van der Waals surface area contributed by atoms with E-state index in [9.17, 15) is 4.39 Å². The average Bonchev–Trinajstić information content (AvgIpc) is 2.88. The van der Waals surface area contributed by atoms with Gasteiger partial charge in [-0.2, -0.15) is 0 Å². The predicted octanol–water partition coefficient (Wildman–Crippen LogP) is 3.13. The van der Waals surface area contributed by atoms with Crippen LogP contribution in [0.15, 0.2) is 46.0 Å². The number of hydrogen-bond donors (Lipinski definition) is 1. The van der Waals surface area contributed by atoms with E-state index < -0.39 is 0 Å². The summed E-state index contributed by atoms with van der Waals surface area (Å²) in [4.78, 5) is 6.31. The second-order valence-corrected chi connectivity index (χ2v) is 5.96. The van der Waals surface area contributed by atoms with Gasteiger partial charge in [-0.25, -0.2) is 4.39 Å². The van der Waals surface area contributed by atoms with Crippen molar-refractivity contribution in [3.8, 4) is 0 Å². The van der Waals surface area contributed by atoms with Gasteiger partial charge in [-0.3, -0.25) is 4.99 Å². The van der Waals surface area contributed by atoms with Gasteiger partial charge in [0.15, 0.2) is 5.96 Å². The number of guanidine groups is 1. The second kappa shape index (κ2) is 7.45. The van der Waals surface area contributed by atoms with Crippen molar-refractivity contribution < 1.29 is 4.39 Å². The monoisotopic (exact) mass is 366 g/mol. The summed E-state index contributed by atoms with van der Waals surface area (Å²) < 4.78 is 16.3. The molecule has 1 aromatic carbocycles. The first-order valence-electron chi connectivity index (χ1n) is 6.97. The highest BCUT2D eigenvalue weighted by Gasteiger charge is 2.09. The molecular formula is C16H20BrFN4. The smallest absolute Gasteiger partial charge is 0.194 e. The molecule has 0 saturated heterocycles.